The van der Waals surface area contributed by atoms with Crippen molar-refractivity contribution in [1.29, 1.82) is 0 Å². The van der Waals surface area contributed by atoms with Crippen LogP contribution in [0.25, 0.3) is 11.5 Å². The van der Waals surface area contributed by atoms with Gasteiger partial charge in [-0.15, -0.1) is 0 Å². The van der Waals surface area contributed by atoms with Gasteiger partial charge in [0.15, 0.2) is 5.82 Å². The van der Waals surface area contributed by atoms with Crippen molar-refractivity contribution in [1.82, 2.24) is 20.1 Å². The fraction of sp³-hybridized carbons (Fsp3) is 0.0769. The zero-order valence-corrected chi connectivity index (χ0v) is 10.0. The van der Waals surface area contributed by atoms with Crippen LogP contribution in [0.3, 0.4) is 0 Å². The number of aromatic nitrogens is 4. The summed E-state index contributed by atoms with van der Waals surface area (Å²) < 4.78 is 5.20. The zero-order valence-electron chi connectivity index (χ0n) is 10.0. The van der Waals surface area contributed by atoms with Crippen LogP contribution < -0.4 is 5.73 Å². The standard InChI is InChI=1S/C13H11N5O/c14-11-5-10(7-16-8-11)13-17-12(18-19-13)4-9-2-1-3-15-6-9/h1-3,5-8H,4,14H2. The maximum absolute atomic E-state index is 5.67. The van der Waals surface area contributed by atoms with Crippen molar-refractivity contribution in [2.45, 2.75) is 6.42 Å². The van der Waals surface area contributed by atoms with Gasteiger partial charge in [0.2, 0.25) is 0 Å². The molecule has 0 atom stereocenters. The van der Waals surface area contributed by atoms with E-state index in [-0.39, 0.29) is 0 Å². The second kappa shape index (κ2) is 4.85. The summed E-state index contributed by atoms with van der Waals surface area (Å²) in [5.74, 6) is 1.02. The minimum atomic E-state index is 0.415. The van der Waals surface area contributed by atoms with Gasteiger partial charge < -0.3 is 10.3 Å². The van der Waals surface area contributed by atoms with Gasteiger partial charge in [0.1, 0.15) is 0 Å². The lowest BCUT2D eigenvalue weighted by atomic mass is 10.2. The molecule has 0 fully saturated rings. The average Bonchev–Trinajstić information content (AvgIpc) is 2.88. The Bertz CT molecular complexity index is 680. The number of hydrogen-bond acceptors (Lipinski definition) is 6. The summed E-state index contributed by atoms with van der Waals surface area (Å²) in [5.41, 5.74) is 7.97. The van der Waals surface area contributed by atoms with Gasteiger partial charge in [-0.1, -0.05) is 11.2 Å². The minimum Gasteiger partial charge on any atom is -0.397 e. The third-order valence-corrected chi connectivity index (χ3v) is 2.56. The fourth-order valence-electron chi connectivity index (χ4n) is 1.70. The molecule has 3 rings (SSSR count). The van der Waals surface area contributed by atoms with Crippen molar-refractivity contribution in [3.8, 4) is 11.5 Å². The molecule has 94 valence electrons. The van der Waals surface area contributed by atoms with Crippen LogP contribution in [0, 0.1) is 0 Å². The van der Waals surface area contributed by atoms with Gasteiger partial charge >= 0.3 is 0 Å². The van der Waals surface area contributed by atoms with Crippen molar-refractivity contribution < 1.29 is 4.52 Å². The van der Waals surface area contributed by atoms with Crippen LogP contribution in [0.4, 0.5) is 5.69 Å². The number of nitrogens with two attached hydrogens (primary N) is 1. The predicted octanol–water partition coefficient (Wildman–Crippen LogP) is 1.70. The molecule has 0 saturated carbocycles. The summed E-state index contributed by atoms with van der Waals surface area (Å²) in [6, 6.07) is 5.58. The Balaban J connectivity index is 1.84. The Hall–Kier alpha value is -2.76. The van der Waals surface area contributed by atoms with E-state index in [0.717, 1.165) is 5.56 Å². The van der Waals surface area contributed by atoms with E-state index >= 15 is 0 Å². The molecule has 3 heterocycles. The van der Waals surface area contributed by atoms with E-state index in [0.29, 0.717) is 29.4 Å². The van der Waals surface area contributed by atoms with Crippen molar-refractivity contribution >= 4 is 5.69 Å². The number of rotatable bonds is 3. The van der Waals surface area contributed by atoms with Crippen molar-refractivity contribution in [2.75, 3.05) is 5.73 Å². The summed E-state index contributed by atoms with van der Waals surface area (Å²) in [5, 5.41) is 3.94. The minimum absolute atomic E-state index is 0.415. The second-order valence-electron chi connectivity index (χ2n) is 4.06. The van der Waals surface area contributed by atoms with Crippen molar-refractivity contribution in [3.05, 3.63) is 54.4 Å². The van der Waals surface area contributed by atoms with Crippen LogP contribution in [0.15, 0.2) is 47.5 Å². The lowest BCUT2D eigenvalue weighted by Crippen LogP contribution is -1.91. The molecule has 19 heavy (non-hydrogen) atoms. The molecule has 3 aromatic heterocycles. The van der Waals surface area contributed by atoms with E-state index < -0.39 is 0 Å². The molecule has 0 aliphatic rings. The van der Waals surface area contributed by atoms with Crippen LogP contribution in [0.1, 0.15) is 11.4 Å². The van der Waals surface area contributed by atoms with Gasteiger partial charge in [0.25, 0.3) is 5.89 Å². The average molecular weight is 253 g/mol. The highest BCUT2D eigenvalue weighted by Crippen LogP contribution is 2.18. The second-order valence-corrected chi connectivity index (χ2v) is 4.06. The molecule has 3 aromatic rings. The number of pyridine rings is 2. The molecular formula is C13H11N5O. The van der Waals surface area contributed by atoms with Crippen LogP contribution in [-0.2, 0) is 6.42 Å². The van der Waals surface area contributed by atoms with E-state index in [9.17, 15) is 0 Å². The lowest BCUT2D eigenvalue weighted by Gasteiger charge is -1.95. The summed E-state index contributed by atoms with van der Waals surface area (Å²) in [7, 11) is 0. The number of hydrogen-bond donors (Lipinski definition) is 1. The Labute approximate surface area is 109 Å². The van der Waals surface area contributed by atoms with E-state index in [1.165, 1.54) is 0 Å². The van der Waals surface area contributed by atoms with Crippen molar-refractivity contribution in [2.24, 2.45) is 0 Å². The Kier molecular flexibility index (Phi) is 2.89. The molecule has 6 heteroatoms. The Morgan fingerprint density at radius 1 is 1.16 bits per heavy atom. The molecule has 0 amide bonds. The molecule has 0 aromatic carbocycles. The van der Waals surface area contributed by atoms with Gasteiger partial charge in [-0.25, -0.2) is 0 Å². The third-order valence-electron chi connectivity index (χ3n) is 2.56. The highest BCUT2D eigenvalue weighted by Gasteiger charge is 2.09. The molecule has 0 bridgehead atoms. The Morgan fingerprint density at radius 3 is 2.89 bits per heavy atom. The largest absolute Gasteiger partial charge is 0.397 e. The maximum Gasteiger partial charge on any atom is 0.259 e. The quantitative estimate of drug-likeness (QED) is 0.763. The smallest absolute Gasteiger partial charge is 0.259 e. The molecular weight excluding hydrogens is 242 g/mol. The van der Waals surface area contributed by atoms with Gasteiger partial charge in [0.05, 0.1) is 11.3 Å². The Morgan fingerprint density at radius 2 is 2.11 bits per heavy atom. The van der Waals surface area contributed by atoms with E-state index in [2.05, 4.69) is 20.1 Å². The molecule has 0 aliphatic carbocycles. The van der Waals surface area contributed by atoms with Crippen molar-refractivity contribution in [3.63, 3.8) is 0 Å². The van der Waals surface area contributed by atoms with Gasteiger partial charge in [-0.3, -0.25) is 9.97 Å². The van der Waals surface area contributed by atoms with E-state index in [1.807, 2.05) is 12.1 Å². The van der Waals surface area contributed by atoms with Gasteiger partial charge in [-0.2, -0.15) is 4.98 Å². The predicted molar refractivity (Wildman–Crippen MR) is 69.0 cm³/mol. The topological polar surface area (TPSA) is 90.7 Å². The third kappa shape index (κ3) is 2.57. The maximum atomic E-state index is 5.67. The molecule has 2 N–H and O–H groups in total. The van der Waals surface area contributed by atoms with Crippen LogP contribution in [0.2, 0.25) is 0 Å². The monoisotopic (exact) mass is 253 g/mol. The molecule has 0 aliphatic heterocycles. The first-order chi connectivity index (χ1) is 9.31. The first-order valence-corrected chi connectivity index (χ1v) is 5.73. The summed E-state index contributed by atoms with van der Waals surface area (Å²) in [6.07, 6.45) is 7.28. The molecule has 6 nitrogen and oxygen atoms in total. The summed E-state index contributed by atoms with van der Waals surface area (Å²) in [6.45, 7) is 0. The van der Waals surface area contributed by atoms with Gasteiger partial charge in [0, 0.05) is 31.2 Å². The van der Waals surface area contributed by atoms with Crippen LogP contribution >= 0.6 is 0 Å². The SMILES string of the molecule is Nc1cncc(-c2nc(Cc3cccnc3)no2)c1. The van der Waals surface area contributed by atoms with Crippen LogP contribution in [0.5, 0.6) is 0 Å². The van der Waals surface area contributed by atoms with Crippen LogP contribution in [-0.4, -0.2) is 20.1 Å². The number of anilines is 1. The fourth-order valence-corrected chi connectivity index (χ4v) is 1.70. The normalized spacial score (nSPS) is 10.5. The molecule has 0 spiro atoms. The summed E-state index contributed by atoms with van der Waals surface area (Å²) in [4.78, 5) is 12.4. The van der Waals surface area contributed by atoms with Gasteiger partial charge in [-0.05, 0) is 17.7 Å². The molecule has 0 unspecified atom stereocenters. The number of nitrogens with zero attached hydrogens (tertiary/aromatic N) is 4. The summed E-state index contributed by atoms with van der Waals surface area (Å²) >= 11 is 0. The highest BCUT2D eigenvalue weighted by atomic mass is 16.5. The lowest BCUT2D eigenvalue weighted by molar-refractivity contribution is 0.424. The first kappa shape index (κ1) is 11.3. The van der Waals surface area contributed by atoms with E-state index in [1.54, 1.807) is 30.9 Å². The van der Waals surface area contributed by atoms with E-state index in [4.69, 9.17) is 10.3 Å². The molecule has 0 radical (unpaired) electrons. The first-order valence-electron chi connectivity index (χ1n) is 5.73. The zero-order chi connectivity index (χ0) is 13.1. The molecule has 0 saturated heterocycles. The highest BCUT2D eigenvalue weighted by molar-refractivity contribution is 5.57. The number of nitrogen functional groups attached to an aromatic ring is 1.